The van der Waals surface area contributed by atoms with Crippen LogP contribution in [0.1, 0.15) is 41.4 Å². The standard InChI is InChI=1S/4C7H6O.4CHF3O3S.4O.2U/c4*8-6-7-4-2-1-3-5-7;4*2-1(3,4)8(5,6)7;;;;;;/h4*1-6H;4*(H,5,6,7);;;;;;/q;;;;;;;;4*-2;;/p-4. The summed E-state index contributed by atoms with van der Waals surface area (Å²) in [6, 6.07) is 36.4. The van der Waals surface area contributed by atoms with Crippen LogP contribution in [0, 0.1) is 62.2 Å². The molecule has 20 nitrogen and oxygen atoms in total. The van der Waals surface area contributed by atoms with Gasteiger partial charge in [0.25, 0.3) is 0 Å². The largest absolute Gasteiger partial charge is 2.00 e. The molecule has 0 aliphatic rings. The fourth-order valence-corrected chi connectivity index (χ4v) is 2.13. The van der Waals surface area contributed by atoms with E-state index < -0.39 is 62.5 Å². The van der Waals surface area contributed by atoms with Gasteiger partial charge in [-0.1, -0.05) is 121 Å². The van der Waals surface area contributed by atoms with Gasteiger partial charge in [0.05, 0.1) is 0 Å². The van der Waals surface area contributed by atoms with Crippen molar-refractivity contribution in [1.29, 1.82) is 0 Å². The van der Waals surface area contributed by atoms with Crippen LogP contribution in [-0.4, -0.2) is 99.1 Å². The number of hydrogen-bond acceptors (Lipinski definition) is 16. The van der Waals surface area contributed by atoms with E-state index in [1.807, 2.05) is 72.8 Å². The van der Waals surface area contributed by atoms with E-state index in [1.54, 1.807) is 48.5 Å². The Bertz CT molecular complexity index is 2060. The van der Waals surface area contributed by atoms with Crippen molar-refractivity contribution in [2.75, 3.05) is 0 Å². The second-order valence-corrected chi connectivity index (χ2v) is 15.2. The van der Waals surface area contributed by atoms with Crippen LogP contribution >= 0.6 is 0 Å². The van der Waals surface area contributed by atoms with E-state index in [0.717, 1.165) is 47.4 Å². The molecule has 0 unspecified atom stereocenters. The maximum Gasteiger partial charge on any atom is 0.485 e. The predicted molar refractivity (Wildman–Crippen MR) is 193 cm³/mol. The smallest absolute Gasteiger partial charge is 0.485 e. The van der Waals surface area contributed by atoms with Crippen LogP contribution in [0.2, 0.25) is 0 Å². The van der Waals surface area contributed by atoms with Crippen LogP contribution in [0.25, 0.3) is 0 Å². The second-order valence-electron chi connectivity index (χ2n) is 9.71. The fourth-order valence-electron chi connectivity index (χ4n) is 2.13. The number of alkyl halides is 12. The maximum absolute atomic E-state index is 10.7. The molecule has 0 amide bonds. The molecule has 0 spiro atoms. The summed E-state index contributed by atoms with van der Waals surface area (Å²) in [5.41, 5.74) is -19.7. The zero-order valence-electron chi connectivity index (χ0n) is 33.2. The molecule has 0 fully saturated rings. The van der Waals surface area contributed by atoms with Crippen molar-refractivity contribution in [3.05, 3.63) is 144 Å². The first kappa shape index (κ1) is 89.2. The Labute approximate surface area is 435 Å². The molecular weight excluding hydrogens is 1540 g/mol. The van der Waals surface area contributed by atoms with E-state index in [0.29, 0.717) is 0 Å². The molecule has 0 radical (unpaired) electrons. The second kappa shape index (κ2) is 41.9. The molecule has 0 saturated heterocycles. The van der Waals surface area contributed by atoms with Gasteiger partial charge in [0, 0.05) is 84.5 Å². The van der Waals surface area contributed by atoms with Crippen molar-refractivity contribution in [2.24, 2.45) is 0 Å². The van der Waals surface area contributed by atoms with Crippen LogP contribution in [0.15, 0.2) is 121 Å². The van der Waals surface area contributed by atoms with Gasteiger partial charge in [-0.2, -0.15) is 52.7 Å². The molecule has 4 rings (SSSR count). The van der Waals surface area contributed by atoms with E-state index in [-0.39, 0.29) is 84.1 Å². The number of halogens is 12. The Hall–Kier alpha value is -3.70. The minimum atomic E-state index is -6.09. The molecule has 0 N–H and O–H groups in total. The fraction of sp³-hybridized carbons (Fsp3) is 0.125. The van der Waals surface area contributed by atoms with Crippen molar-refractivity contribution < 1.29 is 208 Å². The minimum Gasteiger partial charge on any atom is -2.00 e. The van der Waals surface area contributed by atoms with Gasteiger partial charge < -0.3 is 40.1 Å². The Morgan fingerprint density at radius 1 is 0.286 bits per heavy atom. The van der Waals surface area contributed by atoms with E-state index >= 15 is 0 Å². The van der Waals surface area contributed by atoms with Gasteiger partial charge in [-0.15, -0.1) is 0 Å². The van der Waals surface area contributed by atoms with Gasteiger partial charge in [-0.3, -0.25) is 19.2 Å². The molecular formula is C32H24F12O20S4U2-12. The molecule has 4 aromatic rings. The molecule has 0 atom stereocenters. The number of aldehydes is 4. The van der Waals surface area contributed by atoms with Crippen LogP contribution < -0.4 is 0 Å². The van der Waals surface area contributed by atoms with Gasteiger partial charge in [0.1, 0.15) is 25.1 Å². The van der Waals surface area contributed by atoms with Crippen molar-refractivity contribution in [1.82, 2.24) is 0 Å². The third-order valence-corrected chi connectivity index (χ3v) is 7.14. The first-order valence-corrected chi connectivity index (χ1v) is 20.5. The van der Waals surface area contributed by atoms with E-state index in [2.05, 4.69) is 0 Å². The number of rotatable bonds is 4. The molecule has 70 heavy (non-hydrogen) atoms. The average Bonchev–Trinajstić information content (AvgIpc) is 3.18. The van der Waals surface area contributed by atoms with Gasteiger partial charge in [-0.25, -0.2) is 33.7 Å². The molecule has 0 aliphatic carbocycles. The van der Waals surface area contributed by atoms with Crippen molar-refractivity contribution in [3.63, 3.8) is 0 Å². The summed E-state index contributed by atoms with van der Waals surface area (Å²) < 4.78 is 236. The Morgan fingerprint density at radius 2 is 0.371 bits per heavy atom. The van der Waals surface area contributed by atoms with Crippen LogP contribution in [0.5, 0.6) is 0 Å². The van der Waals surface area contributed by atoms with Gasteiger partial charge in [-0.05, 0) is 0 Å². The van der Waals surface area contributed by atoms with Crippen LogP contribution in [-0.2, 0) is 62.4 Å². The van der Waals surface area contributed by atoms with Crippen molar-refractivity contribution in [3.8, 4) is 0 Å². The number of carbonyl (C=O) groups is 4. The Balaban J connectivity index is -0.0000000726. The van der Waals surface area contributed by atoms with Crippen LogP contribution in [0.3, 0.4) is 0 Å². The first-order chi connectivity index (χ1) is 28.7. The van der Waals surface area contributed by atoms with Gasteiger partial charge in [0.15, 0.2) is 40.5 Å². The van der Waals surface area contributed by atoms with E-state index in [4.69, 9.17) is 51.9 Å². The summed E-state index contributed by atoms with van der Waals surface area (Å²) in [5.74, 6) is 0. The zero-order valence-corrected chi connectivity index (χ0v) is 44.8. The molecule has 38 heteroatoms. The molecule has 0 aromatic heterocycles. The third kappa shape index (κ3) is 49.3. The summed E-state index contributed by atoms with van der Waals surface area (Å²) in [5, 5.41) is 0. The van der Waals surface area contributed by atoms with Crippen molar-refractivity contribution >= 4 is 65.6 Å². The summed E-state index contributed by atoms with van der Waals surface area (Å²) in [4.78, 5) is 40.0. The van der Waals surface area contributed by atoms with E-state index in [1.165, 1.54) is 0 Å². The number of hydrogen-bond donors (Lipinski definition) is 0. The summed E-state index contributed by atoms with van der Waals surface area (Å²) in [6.45, 7) is 0. The quantitative estimate of drug-likeness (QED) is 0.102. The average molecular weight is 1560 g/mol. The summed E-state index contributed by atoms with van der Waals surface area (Å²) in [6.07, 6.45) is 3.33. The third-order valence-electron chi connectivity index (χ3n) is 4.88. The molecule has 0 saturated carbocycles. The summed E-state index contributed by atoms with van der Waals surface area (Å²) in [7, 11) is -24.4. The number of carbonyl (C=O) groups excluding carboxylic acids is 4. The maximum atomic E-state index is 10.7. The predicted octanol–water partition coefficient (Wildman–Crippen LogP) is 5.73. The Morgan fingerprint density at radius 3 is 0.414 bits per heavy atom. The molecule has 0 bridgehead atoms. The molecule has 0 aliphatic heterocycles. The monoisotopic (exact) mass is 1560 g/mol. The SMILES string of the molecule is O=Cc1ccccc1.O=Cc1ccccc1.O=Cc1ccccc1.O=Cc1ccccc1.O=S(=O)([O-])C(F)(F)F.O=S(=O)([O-])C(F)(F)F.O=S(=O)([O-])C(F)(F)F.O=S(=O)([O-])C(F)(F)F.[O-2].[O-2].[O-2].[O-2].[U].[U]. The Kier molecular flexibility index (Phi) is 53.4. The van der Waals surface area contributed by atoms with Crippen LogP contribution in [0.4, 0.5) is 52.7 Å². The van der Waals surface area contributed by atoms with Gasteiger partial charge >= 0.3 is 22.0 Å². The first-order valence-electron chi connectivity index (χ1n) is 14.8. The molecule has 0 heterocycles. The summed E-state index contributed by atoms with van der Waals surface area (Å²) >= 11 is 0. The number of benzene rings is 4. The van der Waals surface area contributed by atoms with Gasteiger partial charge in [0.2, 0.25) is 0 Å². The normalized spacial score (nSPS) is 10.3. The minimum absolute atomic E-state index is 0. The molecule has 400 valence electrons. The zero-order chi connectivity index (χ0) is 51.3. The van der Waals surface area contributed by atoms with Crippen molar-refractivity contribution in [2.45, 2.75) is 22.0 Å². The molecule has 4 aromatic carbocycles. The van der Waals surface area contributed by atoms with E-state index in [9.17, 15) is 71.9 Å². The topological polar surface area (TPSA) is 411 Å².